The molecule has 32 heteroatoms. The van der Waals surface area contributed by atoms with E-state index in [2.05, 4.69) is 36.0 Å². The van der Waals surface area contributed by atoms with Crippen molar-refractivity contribution >= 4 is 92.0 Å². The van der Waals surface area contributed by atoms with Gasteiger partial charge in [-0.1, -0.05) is 51.0 Å². The SMILES string of the molecule is CC(C)(C)OC(=O)[C@@H](N)c1ccc(NS(N)(=O)=O)cc1.CCCC(NC(=O)OC(C)(C)C)C(O)C(=O)NCC(=O)N[C@H](C(=O)OC(C)(C)C)c1ccc(NS(N)(=O)=O)cc1.CCCC(NC(=O)OC(C)(C)C)C(O)C(=O)NCC(=O)O.Cl. The number of esters is 2. The van der Waals surface area contributed by atoms with Crippen molar-refractivity contribution in [1.82, 2.24) is 26.6 Å². The van der Waals surface area contributed by atoms with E-state index in [9.17, 15) is 65.4 Å². The van der Waals surface area contributed by atoms with Gasteiger partial charge in [0, 0.05) is 11.4 Å². The molecule has 0 fully saturated rings. The Balaban J connectivity index is 0. The number of carbonyl (C=O) groups excluding carboxylic acids is 7. The van der Waals surface area contributed by atoms with E-state index < -0.39 is 140 Å². The van der Waals surface area contributed by atoms with E-state index in [0.717, 1.165) is 0 Å². The van der Waals surface area contributed by atoms with Gasteiger partial charge in [0.1, 0.15) is 35.0 Å². The van der Waals surface area contributed by atoms with Crippen LogP contribution >= 0.6 is 12.4 Å². The van der Waals surface area contributed by atoms with Crippen molar-refractivity contribution in [2.24, 2.45) is 16.0 Å². The predicted molar refractivity (Wildman–Crippen MR) is 305 cm³/mol. The molecule has 29 nitrogen and oxygen atoms in total. The van der Waals surface area contributed by atoms with E-state index in [1.165, 1.54) is 48.5 Å². The molecule has 468 valence electrons. The molecule has 0 saturated carbocycles. The molecule has 5 amide bonds. The lowest BCUT2D eigenvalue weighted by Crippen LogP contribution is -2.53. The van der Waals surface area contributed by atoms with Crippen LogP contribution in [0.2, 0.25) is 0 Å². The largest absolute Gasteiger partial charge is 0.480 e. The summed E-state index contributed by atoms with van der Waals surface area (Å²) in [5.41, 5.74) is 3.99. The lowest BCUT2D eigenvalue weighted by atomic mass is 10.0. The zero-order valence-electron chi connectivity index (χ0n) is 48.7. The van der Waals surface area contributed by atoms with Crippen molar-refractivity contribution in [2.75, 3.05) is 22.5 Å². The highest BCUT2D eigenvalue weighted by Crippen LogP contribution is 2.22. The molecular weight excluding hydrogens is 1140 g/mol. The van der Waals surface area contributed by atoms with Gasteiger partial charge in [-0.05, 0) is 131 Å². The number of carbonyl (C=O) groups is 8. The van der Waals surface area contributed by atoms with Crippen LogP contribution in [-0.4, -0.2) is 140 Å². The fraction of sp³-hybridized carbons (Fsp3) is 0.600. The van der Waals surface area contributed by atoms with Crippen molar-refractivity contribution in [2.45, 2.75) is 181 Å². The van der Waals surface area contributed by atoms with Crippen molar-refractivity contribution in [3.8, 4) is 0 Å². The predicted octanol–water partition coefficient (Wildman–Crippen LogP) is 2.28. The normalized spacial score (nSPS) is 13.8. The number of carboxylic acids is 1. The Hall–Kier alpha value is -6.61. The minimum absolute atomic E-state index is 0. The van der Waals surface area contributed by atoms with E-state index in [-0.39, 0.29) is 35.8 Å². The van der Waals surface area contributed by atoms with Crippen LogP contribution in [0.25, 0.3) is 0 Å². The van der Waals surface area contributed by atoms with Crippen molar-refractivity contribution in [1.29, 1.82) is 0 Å². The number of rotatable bonds is 23. The number of benzene rings is 2. The standard InChI is InChI=1S/C25H41N5O9S.C13H24N2O6.C12H19N3O4S.ClH/c1-8-9-17(28-23(35)39-25(5,6)7)20(32)21(33)27-14-18(31)29-19(22(34)38-24(2,3)4)15-10-12-16(13-11-15)30-40(26,36)37;1-5-6-8(15-12(20)21-13(2,3)4)10(18)11(19)14-7-9(16)17;1-12(2,3)19-11(16)10(13)8-4-6-9(7-5-8)15-20(14,17)18;/h10-13,17,19-20,30,32H,8-9,14H2,1-7H3,(H,27,33)(H,28,35)(H,29,31)(H2,26,36,37);8,10,18H,5-7H2,1-4H3,(H,14,19)(H,15,20)(H,16,17);4-7,10,15H,13H2,1-3H3,(H2,14,17,18);1H/t17?,19-,20?;;10-;/m0.0./s1. The van der Waals surface area contributed by atoms with Crippen LogP contribution < -0.4 is 52.0 Å². The van der Waals surface area contributed by atoms with E-state index in [4.69, 9.17) is 40.1 Å². The summed E-state index contributed by atoms with van der Waals surface area (Å²) < 4.78 is 69.2. The molecule has 82 heavy (non-hydrogen) atoms. The molecule has 0 heterocycles. The Morgan fingerprint density at radius 3 is 1.17 bits per heavy atom. The van der Waals surface area contributed by atoms with Gasteiger partial charge in [-0.2, -0.15) is 16.8 Å². The molecule has 0 spiro atoms. The van der Waals surface area contributed by atoms with Crippen LogP contribution in [0.5, 0.6) is 0 Å². The number of anilines is 2. The first-order valence-electron chi connectivity index (χ1n) is 25.2. The van der Waals surface area contributed by atoms with Crippen LogP contribution in [0, 0.1) is 0 Å². The molecule has 2 aromatic rings. The average molecular weight is 1230 g/mol. The summed E-state index contributed by atoms with van der Waals surface area (Å²) in [5, 5.41) is 50.4. The molecule has 4 unspecified atom stereocenters. The second-order valence-corrected chi connectivity index (χ2v) is 24.5. The van der Waals surface area contributed by atoms with Crippen LogP contribution in [0.1, 0.15) is 146 Å². The Kier molecular flexibility index (Phi) is 32.2. The zero-order valence-corrected chi connectivity index (χ0v) is 51.1. The molecule has 0 aliphatic rings. The maximum atomic E-state index is 12.9. The molecule has 16 N–H and O–H groups in total. The molecule has 0 aliphatic carbocycles. The first-order valence-corrected chi connectivity index (χ1v) is 28.3. The fourth-order valence-electron chi connectivity index (χ4n) is 6.25. The monoisotopic (exact) mass is 1230 g/mol. The van der Waals surface area contributed by atoms with Gasteiger partial charge in [0.15, 0.2) is 18.2 Å². The number of nitrogens with one attached hydrogen (secondary N) is 7. The number of ether oxygens (including phenoxy) is 4. The van der Waals surface area contributed by atoms with Gasteiger partial charge < -0.3 is 66.6 Å². The van der Waals surface area contributed by atoms with Crippen LogP contribution in [0.15, 0.2) is 48.5 Å². The first-order chi connectivity index (χ1) is 36.7. The number of hydrogen-bond acceptors (Lipinski definition) is 19. The molecule has 0 aliphatic heterocycles. The van der Waals surface area contributed by atoms with Gasteiger partial charge in [0.25, 0.3) is 32.2 Å². The van der Waals surface area contributed by atoms with E-state index in [1.54, 1.807) is 90.0 Å². The van der Waals surface area contributed by atoms with E-state index >= 15 is 0 Å². The number of carboxylic acid groups (broad SMARTS) is 1. The smallest absolute Gasteiger partial charge is 0.407 e. The third-order valence-corrected chi connectivity index (χ3v) is 10.4. The van der Waals surface area contributed by atoms with Gasteiger partial charge in [-0.15, -0.1) is 12.4 Å². The van der Waals surface area contributed by atoms with Crippen molar-refractivity contribution in [3.05, 3.63) is 59.7 Å². The molecule has 0 aromatic heterocycles. The Bertz CT molecular complexity index is 2640. The van der Waals surface area contributed by atoms with Gasteiger partial charge in [0.2, 0.25) is 5.91 Å². The maximum Gasteiger partial charge on any atom is 0.407 e. The highest BCUT2D eigenvalue weighted by Gasteiger charge is 2.33. The summed E-state index contributed by atoms with van der Waals surface area (Å²) >= 11 is 0. The summed E-state index contributed by atoms with van der Waals surface area (Å²) in [5.74, 6) is -5.13. The Labute approximate surface area is 485 Å². The Morgan fingerprint density at radius 1 is 0.524 bits per heavy atom. The summed E-state index contributed by atoms with van der Waals surface area (Å²) in [7, 11) is -7.84. The molecule has 0 saturated heterocycles. The van der Waals surface area contributed by atoms with Gasteiger partial charge >= 0.3 is 30.1 Å². The lowest BCUT2D eigenvalue weighted by Gasteiger charge is -2.26. The van der Waals surface area contributed by atoms with Crippen LogP contribution in [0.4, 0.5) is 21.0 Å². The van der Waals surface area contributed by atoms with Crippen LogP contribution in [-0.2, 0) is 68.1 Å². The number of amides is 5. The first kappa shape index (κ1) is 77.5. The zero-order chi connectivity index (χ0) is 63.1. The molecule has 2 rings (SSSR count). The summed E-state index contributed by atoms with van der Waals surface area (Å²) in [6, 6.07) is 7.39. The summed E-state index contributed by atoms with van der Waals surface area (Å²) in [6.45, 7) is 22.7. The molecular formula is C50H85ClN10O19S2. The number of aliphatic hydroxyl groups excluding tert-OH is 2. The highest BCUT2D eigenvalue weighted by atomic mass is 35.5. The second kappa shape index (κ2) is 34.1. The van der Waals surface area contributed by atoms with E-state index in [0.29, 0.717) is 24.8 Å². The minimum atomic E-state index is -4.02. The molecule has 2 aromatic carbocycles. The third-order valence-electron chi connectivity index (χ3n) is 9.38. The van der Waals surface area contributed by atoms with Crippen molar-refractivity contribution in [3.63, 3.8) is 0 Å². The number of alkyl carbamates (subject to hydrolysis) is 2. The van der Waals surface area contributed by atoms with E-state index in [1.807, 2.05) is 6.92 Å². The number of aliphatic carboxylic acids is 1. The molecule has 0 bridgehead atoms. The number of hydrogen-bond donors (Lipinski definition) is 13. The molecule has 0 radical (unpaired) electrons. The molecule has 6 atom stereocenters. The summed E-state index contributed by atoms with van der Waals surface area (Å²) in [4.78, 5) is 95.7. The number of halogens is 1. The van der Waals surface area contributed by atoms with Crippen molar-refractivity contribution < 1.29 is 89.5 Å². The van der Waals surface area contributed by atoms with Gasteiger partial charge in [0.05, 0.1) is 18.6 Å². The fourth-order valence-corrected chi connectivity index (χ4v) is 7.17. The Morgan fingerprint density at radius 2 is 0.854 bits per heavy atom. The average Bonchev–Trinajstić information content (AvgIpc) is 3.28. The second-order valence-electron chi connectivity index (χ2n) is 21.9. The highest BCUT2D eigenvalue weighted by molar-refractivity contribution is 7.90. The third kappa shape index (κ3) is 36.0. The quantitative estimate of drug-likeness (QED) is 0.0560. The van der Waals surface area contributed by atoms with Crippen LogP contribution in [0.3, 0.4) is 0 Å². The minimum Gasteiger partial charge on any atom is -0.480 e. The number of nitrogens with two attached hydrogens (primary N) is 3. The summed E-state index contributed by atoms with van der Waals surface area (Å²) in [6.07, 6.45) is -3.01. The topological polar surface area (TPSA) is 465 Å². The number of aliphatic hydroxyl groups is 2. The van der Waals surface area contributed by atoms with Gasteiger partial charge in [-0.3, -0.25) is 28.6 Å². The maximum absolute atomic E-state index is 12.9. The van der Waals surface area contributed by atoms with Gasteiger partial charge in [-0.25, -0.2) is 29.5 Å². The lowest BCUT2D eigenvalue weighted by molar-refractivity contribution is -0.159.